The van der Waals surface area contributed by atoms with E-state index in [9.17, 15) is 13.6 Å². The van der Waals surface area contributed by atoms with E-state index in [4.69, 9.17) is 11.6 Å². The summed E-state index contributed by atoms with van der Waals surface area (Å²) in [7, 11) is 0. The van der Waals surface area contributed by atoms with Gasteiger partial charge >= 0.3 is 0 Å². The van der Waals surface area contributed by atoms with Crippen LogP contribution in [0.25, 0.3) is 22.4 Å². The van der Waals surface area contributed by atoms with Crippen LogP contribution in [0.3, 0.4) is 0 Å². The first-order valence-corrected chi connectivity index (χ1v) is 10.8. The monoisotopic (exact) mass is 494 g/mol. The Kier molecular flexibility index (Phi) is 5.48. The predicted molar refractivity (Wildman–Crippen MR) is 125 cm³/mol. The second-order valence-corrected chi connectivity index (χ2v) is 8.22. The van der Waals surface area contributed by atoms with Crippen LogP contribution in [0.2, 0.25) is 5.02 Å². The van der Waals surface area contributed by atoms with Crippen LogP contribution in [0.5, 0.6) is 0 Å². The van der Waals surface area contributed by atoms with Gasteiger partial charge in [-0.25, -0.2) is 9.67 Å². The molecule has 4 heterocycles. The fraction of sp³-hybridized carbons (Fsp3) is 0.130. The molecule has 12 heteroatoms. The van der Waals surface area contributed by atoms with Gasteiger partial charge in [-0.3, -0.25) is 9.78 Å². The van der Waals surface area contributed by atoms with Gasteiger partial charge in [-0.1, -0.05) is 17.7 Å². The van der Waals surface area contributed by atoms with Gasteiger partial charge in [0.15, 0.2) is 5.82 Å². The SMILES string of the molecule is Cc1cnn(-c2ncc(NC(=O)c3cnn(-c4cccc5ncccc45)c3C(C)(F)F)cc2Cl)n1. The van der Waals surface area contributed by atoms with E-state index in [0.29, 0.717) is 29.2 Å². The van der Waals surface area contributed by atoms with Crippen molar-refractivity contribution in [3.05, 3.63) is 83.2 Å². The summed E-state index contributed by atoms with van der Waals surface area (Å²) in [6.45, 7) is 2.48. The van der Waals surface area contributed by atoms with E-state index in [0.717, 1.165) is 10.9 Å². The van der Waals surface area contributed by atoms with Crippen molar-refractivity contribution in [3.8, 4) is 11.5 Å². The van der Waals surface area contributed by atoms with Crippen molar-refractivity contribution in [2.24, 2.45) is 0 Å². The summed E-state index contributed by atoms with van der Waals surface area (Å²) in [5, 5.41) is 15.7. The lowest BCUT2D eigenvalue weighted by molar-refractivity contribution is 0.00940. The Morgan fingerprint density at radius 3 is 2.63 bits per heavy atom. The molecule has 0 atom stereocenters. The maximum Gasteiger partial charge on any atom is 0.287 e. The number of carbonyl (C=O) groups is 1. The molecule has 0 aliphatic carbocycles. The maximum atomic E-state index is 14.8. The van der Waals surface area contributed by atoms with Crippen LogP contribution >= 0.6 is 11.6 Å². The van der Waals surface area contributed by atoms with Gasteiger partial charge in [0.25, 0.3) is 11.8 Å². The van der Waals surface area contributed by atoms with Gasteiger partial charge in [0, 0.05) is 18.5 Å². The normalized spacial score (nSPS) is 11.7. The molecule has 5 rings (SSSR count). The van der Waals surface area contributed by atoms with Crippen molar-refractivity contribution >= 4 is 34.1 Å². The van der Waals surface area contributed by atoms with Crippen LogP contribution < -0.4 is 5.32 Å². The minimum Gasteiger partial charge on any atom is -0.320 e. The highest BCUT2D eigenvalue weighted by Crippen LogP contribution is 2.34. The number of nitrogens with zero attached hydrogens (tertiary/aromatic N) is 7. The summed E-state index contributed by atoms with van der Waals surface area (Å²) in [4.78, 5) is 22.7. The van der Waals surface area contributed by atoms with Crippen molar-refractivity contribution in [1.82, 2.24) is 34.7 Å². The molecule has 1 aromatic carbocycles. The van der Waals surface area contributed by atoms with Crippen LogP contribution in [0.4, 0.5) is 14.5 Å². The van der Waals surface area contributed by atoms with Gasteiger partial charge < -0.3 is 5.32 Å². The summed E-state index contributed by atoms with van der Waals surface area (Å²) < 4.78 is 30.7. The molecule has 1 amide bonds. The summed E-state index contributed by atoms with van der Waals surface area (Å²) >= 11 is 6.29. The van der Waals surface area contributed by atoms with Crippen LogP contribution in [0, 0.1) is 6.92 Å². The van der Waals surface area contributed by atoms with Crippen LogP contribution in [-0.4, -0.2) is 40.6 Å². The Bertz CT molecular complexity index is 1570. The fourth-order valence-electron chi connectivity index (χ4n) is 3.68. The molecule has 0 saturated carbocycles. The van der Waals surface area contributed by atoms with E-state index in [1.807, 2.05) is 0 Å². The second-order valence-electron chi connectivity index (χ2n) is 7.81. The lowest BCUT2D eigenvalue weighted by Gasteiger charge is -2.17. The first-order valence-electron chi connectivity index (χ1n) is 10.4. The number of carbonyl (C=O) groups excluding carboxylic acids is 1. The Morgan fingerprint density at radius 2 is 1.91 bits per heavy atom. The average Bonchev–Trinajstić information content (AvgIpc) is 3.45. The zero-order valence-electron chi connectivity index (χ0n) is 18.4. The largest absolute Gasteiger partial charge is 0.320 e. The number of rotatable bonds is 5. The number of amides is 1. The van der Waals surface area contributed by atoms with E-state index in [1.165, 1.54) is 17.1 Å². The summed E-state index contributed by atoms with van der Waals surface area (Å²) in [6, 6.07) is 9.98. The molecule has 0 bridgehead atoms. The lowest BCUT2D eigenvalue weighted by atomic mass is 10.1. The molecule has 0 aliphatic heterocycles. The Morgan fingerprint density at radius 1 is 1.09 bits per heavy atom. The topological polar surface area (TPSA) is 103 Å². The highest BCUT2D eigenvalue weighted by molar-refractivity contribution is 6.32. The van der Waals surface area contributed by atoms with Gasteiger partial charge in [0.1, 0.15) is 5.69 Å². The molecule has 0 radical (unpaired) electrons. The second kappa shape index (κ2) is 8.51. The van der Waals surface area contributed by atoms with E-state index in [1.54, 1.807) is 49.6 Å². The number of hydrogen-bond donors (Lipinski definition) is 1. The minimum absolute atomic E-state index is 0.165. The average molecular weight is 495 g/mol. The molecule has 0 unspecified atom stereocenters. The van der Waals surface area contributed by atoms with Crippen LogP contribution in [0.15, 0.2) is 61.2 Å². The molecular weight excluding hydrogens is 478 g/mol. The van der Waals surface area contributed by atoms with Gasteiger partial charge in [-0.15, -0.1) is 4.80 Å². The number of benzene rings is 1. The fourth-order valence-corrected chi connectivity index (χ4v) is 3.92. The highest BCUT2D eigenvalue weighted by Gasteiger charge is 2.36. The number of alkyl halides is 2. The van der Waals surface area contributed by atoms with Crippen molar-refractivity contribution in [2.75, 3.05) is 5.32 Å². The van der Waals surface area contributed by atoms with Gasteiger partial charge in [0.05, 0.1) is 51.8 Å². The van der Waals surface area contributed by atoms with Gasteiger partial charge in [-0.05, 0) is 37.3 Å². The van der Waals surface area contributed by atoms with Crippen molar-refractivity contribution < 1.29 is 13.6 Å². The first kappa shape index (κ1) is 22.5. The number of hydrogen-bond acceptors (Lipinski definition) is 6. The molecule has 176 valence electrons. The van der Waals surface area contributed by atoms with E-state index in [-0.39, 0.29) is 22.1 Å². The third-order valence-corrected chi connectivity index (χ3v) is 5.43. The van der Waals surface area contributed by atoms with Crippen molar-refractivity contribution in [2.45, 2.75) is 19.8 Å². The summed E-state index contributed by atoms with van der Waals surface area (Å²) in [5.41, 5.74) is 1.02. The summed E-state index contributed by atoms with van der Waals surface area (Å²) in [6.07, 6.45) is 5.60. The zero-order chi connectivity index (χ0) is 24.7. The number of anilines is 1. The number of aromatic nitrogens is 7. The Hall–Kier alpha value is -4.25. The molecule has 35 heavy (non-hydrogen) atoms. The molecule has 0 aliphatic rings. The van der Waals surface area contributed by atoms with E-state index >= 15 is 0 Å². The molecular formula is C23H17ClF2N8O. The third-order valence-electron chi connectivity index (χ3n) is 5.16. The molecule has 5 aromatic rings. The molecule has 9 nitrogen and oxygen atoms in total. The number of pyridine rings is 2. The quantitative estimate of drug-likeness (QED) is 0.379. The molecule has 0 fully saturated rings. The molecule has 0 saturated heterocycles. The maximum absolute atomic E-state index is 14.8. The molecule has 1 N–H and O–H groups in total. The number of halogens is 3. The van der Waals surface area contributed by atoms with E-state index < -0.39 is 17.5 Å². The molecule has 0 spiro atoms. The van der Waals surface area contributed by atoms with E-state index in [2.05, 4.69) is 30.6 Å². The van der Waals surface area contributed by atoms with Gasteiger partial charge in [0.2, 0.25) is 0 Å². The number of nitrogens with one attached hydrogen (secondary N) is 1. The van der Waals surface area contributed by atoms with Crippen LogP contribution in [0.1, 0.15) is 28.7 Å². The van der Waals surface area contributed by atoms with Crippen LogP contribution in [-0.2, 0) is 5.92 Å². The smallest absolute Gasteiger partial charge is 0.287 e. The third kappa shape index (κ3) is 4.21. The Balaban J connectivity index is 1.51. The van der Waals surface area contributed by atoms with Gasteiger partial charge in [-0.2, -0.15) is 24.1 Å². The predicted octanol–water partition coefficient (Wildman–Crippen LogP) is 4.72. The summed E-state index contributed by atoms with van der Waals surface area (Å²) in [5.74, 6) is -3.91. The van der Waals surface area contributed by atoms with Crippen molar-refractivity contribution in [3.63, 3.8) is 0 Å². The standard InChI is InChI=1S/C23H17ClF2N8O/c1-13-10-30-34(32-13)21-17(24)9-14(11-28-21)31-22(35)16-12-29-33(20(16)23(2,25)26)19-7-3-6-18-15(19)5-4-8-27-18/h3-12H,1-2H3,(H,31,35). The molecule has 4 aromatic heterocycles. The van der Waals surface area contributed by atoms with Crippen molar-refractivity contribution in [1.29, 1.82) is 0 Å². The number of aryl methyl sites for hydroxylation is 1. The first-order chi connectivity index (χ1) is 16.7. The lowest BCUT2D eigenvalue weighted by Crippen LogP contribution is -2.21. The zero-order valence-corrected chi connectivity index (χ0v) is 19.2. The Labute approximate surface area is 202 Å². The highest BCUT2D eigenvalue weighted by atomic mass is 35.5. The minimum atomic E-state index is -3.38. The number of fused-ring (bicyclic) bond motifs is 1.